The van der Waals surface area contributed by atoms with Crippen LogP contribution in [0.3, 0.4) is 0 Å². The molecule has 1 aliphatic rings. The van der Waals surface area contributed by atoms with Gasteiger partial charge in [-0.1, -0.05) is 11.2 Å². The molecule has 3 rings (SSSR count). The summed E-state index contributed by atoms with van der Waals surface area (Å²) in [6.07, 6.45) is 0.795. The number of amides is 1. The number of carbonyl (C=O) groups excluding carboxylic acids is 1. The molecule has 128 valence electrons. The Hall–Kier alpha value is -2.61. The zero-order valence-corrected chi connectivity index (χ0v) is 13.6. The molecule has 0 radical (unpaired) electrons. The standard InChI is InChI=1S/C16H19N3O5/c1-10(16-18-14(19-24-16)5-6-21-2)17-15(20)8-11-3-4-12-13(7-11)23-9-22-12/h3-4,7,10H,5-6,8-9H2,1-2H3,(H,17,20)/t10-/m1/s1. The van der Waals surface area contributed by atoms with Crippen molar-refractivity contribution in [1.82, 2.24) is 15.5 Å². The lowest BCUT2D eigenvalue weighted by Gasteiger charge is -2.10. The molecule has 2 heterocycles. The number of fused-ring (bicyclic) bond motifs is 1. The Balaban J connectivity index is 1.55. The molecular weight excluding hydrogens is 314 g/mol. The van der Waals surface area contributed by atoms with Crippen molar-refractivity contribution < 1.29 is 23.5 Å². The van der Waals surface area contributed by atoms with Gasteiger partial charge >= 0.3 is 0 Å². The van der Waals surface area contributed by atoms with Crippen LogP contribution in [-0.4, -0.2) is 36.6 Å². The summed E-state index contributed by atoms with van der Waals surface area (Å²) in [5.74, 6) is 2.15. The van der Waals surface area contributed by atoms with E-state index in [0.717, 1.165) is 5.56 Å². The monoisotopic (exact) mass is 333 g/mol. The molecule has 0 bridgehead atoms. The number of hydrogen-bond acceptors (Lipinski definition) is 7. The van der Waals surface area contributed by atoms with E-state index in [1.54, 1.807) is 20.1 Å². The molecule has 8 nitrogen and oxygen atoms in total. The highest BCUT2D eigenvalue weighted by Crippen LogP contribution is 2.32. The van der Waals surface area contributed by atoms with E-state index < -0.39 is 0 Å². The second kappa shape index (κ2) is 7.31. The van der Waals surface area contributed by atoms with Gasteiger partial charge in [-0.2, -0.15) is 4.98 Å². The highest BCUT2D eigenvalue weighted by molar-refractivity contribution is 5.79. The lowest BCUT2D eigenvalue weighted by molar-refractivity contribution is -0.121. The third-order valence-corrected chi connectivity index (χ3v) is 3.56. The highest BCUT2D eigenvalue weighted by atomic mass is 16.7. The van der Waals surface area contributed by atoms with Gasteiger partial charge in [0.15, 0.2) is 17.3 Å². The average Bonchev–Trinajstić information content (AvgIpc) is 3.21. The fraction of sp³-hybridized carbons (Fsp3) is 0.438. The van der Waals surface area contributed by atoms with Gasteiger partial charge in [-0.05, 0) is 24.6 Å². The molecule has 0 spiro atoms. The van der Waals surface area contributed by atoms with Crippen LogP contribution in [0.15, 0.2) is 22.7 Å². The number of rotatable bonds is 7. The molecule has 24 heavy (non-hydrogen) atoms. The number of nitrogens with zero attached hydrogens (tertiary/aromatic N) is 2. The summed E-state index contributed by atoms with van der Waals surface area (Å²) >= 11 is 0. The minimum absolute atomic E-state index is 0.141. The van der Waals surface area contributed by atoms with Crippen molar-refractivity contribution in [3.63, 3.8) is 0 Å². The fourth-order valence-corrected chi connectivity index (χ4v) is 2.33. The topological polar surface area (TPSA) is 95.7 Å². The molecule has 0 saturated carbocycles. The number of ether oxygens (including phenoxy) is 3. The number of methoxy groups -OCH3 is 1. The van der Waals surface area contributed by atoms with Crippen LogP contribution < -0.4 is 14.8 Å². The lowest BCUT2D eigenvalue weighted by atomic mass is 10.1. The van der Waals surface area contributed by atoms with Gasteiger partial charge in [0.2, 0.25) is 18.6 Å². The number of nitrogens with one attached hydrogen (secondary N) is 1. The molecule has 1 aromatic heterocycles. The first-order valence-corrected chi connectivity index (χ1v) is 7.65. The van der Waals surface area contributed by atoms with Gasteiger partial charge < -0.3 is 24.1 Å². The Morgan fingerprint density at radius 2 is 2.21 bits per heavy atom. The molecule has 8 heteroatoms. The summed E-state index contributed by atoms with van der Waals surface area (Å²) in [6, 6.07) is 5.08. The zero-order valence-electron chi connectivity index (χ0n) is 13.6. The quantitative estimate of drug-likeness (QED) is 0.818. The van der Waals surface area contributed by atoms with Crippen LogP contribution in [0, 0.1) is 0 Å². The van der Waals surface area contributed by atoms with Crippen molar-refractivity contribution in [2.24, 2.45) is 0 Å². The van der Waals surface area contributed by atoms with E-state index in [4.69, 9.17) is 18.7 Å². The van der Waals surface area contributed by atoms with Gasteiger partial charge in [0.1, 0.15) is 6.04 Å². The van der Waals surface area contributed by atoms with E-state index in [9.17, 15) is 4.79 Å². The summed E-state index contributed by atoms with van der Waals surface area (Å²) in [5, 5.41) is 6.70. The van der Waals surface area contributed by atoms with E-state index in [2.05, 4.69) is 15.5 Å². The molecule has 0 fully saturated rings. The number of benzene rings is 1. The molecule has 1 N–H and O–H groups in total. The van der Waals surface area contributed by atoms with Gasteiger partial charge in [0.25, 0.3) is 0 Å². The third-order valence-electron chi connectivity index (χ3n) is 3.56. The van der Waals surface area contributed by atoms with Crippen molar-refractivity contribution in [2.45, 2.75) is 25.8 Å². The minimum atomic E-state index is -0.365. The van der Waals surface area contributed by atoms with Crippen molar-refractivity contribution in [3.05, 3.63) is 35.5 Å². The van der Waals surface area contributed by atoms with Crippen LogP contribution in [0.2, 0.25) is 0 Å². The molecular formula is C16H19N3O5. The number of aromatic nitrogens is 2. The van der Waals surface area contributed by atoms with E-state index >= 15 is 0 Å². The van der Waals surface area contributed by atoms with Crippen LogP contribution in [0.25, 0.3) is 0 Å². The van der Waals surface area contributed by atoms with Gasteiger partial charge in [-0.15, -0.1) is 0 Å². The van der Waals surface area contributed by atoms with E-state index in [1.165, 1.54) is 0 Å². The highest BCUT2D eigenvalue weighted by Gasteiger charge is 2.18. The van der Waals surface area contributed by atoms with Crippen LogP contribution >= 0.6 is 0 Å². The van der Waals surface area contributed by atoms with Gasteiger partial charge in [-0.25, -0.2) is 0 Å². The summed E-state index contributed by atoms with van der Waals surface area (Å²) in [5.41, 5.74) is 0.843. The van der Waals surface area contributed by atoms with Gasteiger partial charge in [0, 0.05) is 13.5 Å². The summed E-state index contributed by atoms with van der Waals surface area (Å²) < 4.78 is 20.7. The first-order chi connectivity index (χ1) is 11.7. The van der Waals surface area contributed by atoms with Gasteiger partial charge in [-0.3, -0.25) is 4.79 Å². The van der Waals surface area contributed by atoms with Crippen molar-refractivity contribution in [1.29, 1.82) is 0 Å². The summed E-state index contributed by atoms with van der Waals surface area (Å²) in [7, 11) is 1.61. The summed E-state index contributed by atoms with van der Waals surface area (Å²) in [4.78, 5) is 16.4. The van der Waals surface area contributed by atoms with E-state index in [0.29, 0.717) is 36.2 Å². The van der Waals surface area contributed by atoms with Gasteiger partial charge in [0.05, 0.1) is 13.0 Å². The molecule has 0 saturated heterocycles. The maximum Gasteiger partial charge on any atom is 0.248 e. The maximum atomic E-state index is 12.2. The normalized spacial score (nSPS) is 13.8. The second-order valence-corrected chi connectivity index (χ2v) is 5.45. The maximum absolute atomic E-state index is 12.2. The molecule has 1 atom stereocenters. The summed E-state index contributed by atoms with van der Waals surface area (Å²) in [6.45, 7) is 2.53. The molecule has 0 unspecified atom stereocenters. The zero-order chi connectivity index (χ0) is 16.9. The Kier molecular flexibility index (Phi) is 4.95. The van der Waals surface area contributed by atoms with Crippen molar-refractivity contribution >= 4 is 5.91 Å². The number of hydrogen-bond donors (Lipinski definition) is 1. The van der Waals surface area contributed by atoms with E-state index in [-0.39, 0.29) is 25.2 Å². The average molecular weight is 333 g/mol. The minimum Gasteiger partial charge on any atom is -0.454 e. The van der Waals surface area contributed by atoms with Crippen LogP contribution in [-0.2, 0) is 22.4 Å². The molecule has 2 aromatic rings. The largest absolute Gasteiger partial charge is 0.454 e. The molecule has 0 aliphatic carbocycles. The predicted molar refractivity (Wildman–Crippen MR) is 82.7 cm³/mol. The fourth-order valence-electron chi connectivity index (χ4n) is 2.33. The SMILES string of the molecule is COCCc1noc([C@@H](C)NC(=O)Cc2ccc3c(c2)OCO3)n1. The lowest BCUT2D eigenvalue weighted by Crippen LogP contribution is -2.28. The number of carbonyl (C=O) groups is 1. The Labute approximate surface area is 139 Å². The van der Waals surface area contributed by atoms with Crippen LogP contribution in [0.4, 0.5) is 0 Å². The van der Waals surface area contributed by atoms with Crippen LogP contribution in [0.5, 0.6) is 11.5 Å². The molecule has 1 aliphatic heterocycles. The predicted octanol–water partition coefficient (Wildman–Crippen LogP) is 1.41. The molecule has 1 aromatic carbocycles. The first-order valence-electron chi connectivity index (χ1n) is 7.65. The Morgan fingerprint density at radius 1 is 1.38 bits per heavy atom. The van der Waals surface area contributed by atoms with E-state index in [1.807, 2.05) is 12.1 Å². The third kappa shape index (κ3) is 3.83. The first kappa shape index (κ1) is 16.3. The molecule has 1 amide bonds. The Morgan fingerprint density at radius 3 is 3.04 bits per heavy atom. The van der Waals surface area contributed by atoms with Crippen LogP contribution in [0.1, 0.15) is 30.2 Å². The smallest absolute Gasteiger partial charge is 0.248 e. The Bertz CT molecular complexity index is 715. The second-order valence-electron chi connectivity index (χ2n) is 5.45. The van der Waals surface area contributed by atoms with Crippen molar-refractivity contribution in [2.75, 3.05) is 20.5 Å². The van der Waals surface area contributed by atoms with Crippen molar-refractivity contribution in [3.8, 4) is 11.5 Å².